The molecule has 0 aliphatic carbocycles. The van der Waals surface area contributed by atoms with Gasteiger partial charge in [-0.2, -0.15) is 15.6 Å². The van der Waals surface area contributed by atoms with Crippen LogP contribution in [0.4, 0.5) is 13.2 Å². The number of allylic oxidation sites excluding steroid dienone is 2. The fourth-order valence-corrected chi connectivity index (χ4v) is 8.22. The number of carbonyl (C=O) groups is 2. The molecule has 2 aliphatic heterocycles. The summed E-state index contributed by atoms with van der Waals surface area (Å²) >= 11 is 1.29. The molecule has 0 N–H and O–H groups in total. The maximum atomic E-state index is 16.1. The first kappa shape index (κ1) is 44.7. The van der Waals surface area contributed by atoms with Crippen LogP contribution in [0.3, 0.4) is 0 Å². The normalized spacial score (nSPS) is 18.9. The van der Waals surface area contributed by atoms with Crippen molar-refractivity contribution < 1.29 is 41.7 Å². The summed E-state index contributed by atoms with van der Waals surface area (Å²) in [7, 11) is 2.05. The number of thioether (sulfide) groups is 1. The molecule has 13 nitrogen and oxygen atoms in total. The molecule has 318 valence electrons. The van der Waals surface area contributed by atoms with Gasteiger partial charge < -0.3 is 28.7 Å². The van der Waals surface area contributed by atoms with Crippen LogP contribution in [-0.4, -0.2) is 106 Å². The van der Waals surface area contributed by atoms with Gasteiger partial charge in [0.05, 0.1) is 60.3 Å². The van der Waals surface area contributed by atoms with E-state index in [1.165, 1.54) is 65.5 Å². The topological polar surface area (TPSA) is 156 Å². The number of aromatic nitrogens is 3. The third-order valence-electron chi connectivity index (χ3n) is 10.3. The van der Waals surface area contributed by atoms with Gasteiger partial charge in [0.1, 0.15) is 36.7 Å². The first-order chi connectivity index (χ1) is 29.5. The fraction of sp³-hybridized carbons (Fsp3) is 0.364. The molecule has 0 spiro atoms. The highest BCUT2D eigenvalue weighted by molar-refractivity contribution is 8.00. The Kier molecular flexibility index (Phi) is 15.5. The Morgan fingerprint density at radius 3 is 2.41 bits per heavy atom. The highest BCUT2D eigenvalue weighted by Gasteiger charge is 2.47. The van der Waals surface area contributed by atoms with Crippen LogP contribution in [0.5, 0.6) is 0 Å². The van der Waals surface area contributed by atoms with Crippen molar-refractivity contribution in [1.29, 1.82) is 10.5 Å². The maximum absolute atomic E-state index is 16.1. The van der Waals surface area contributed by atoms with Gasteiger partial charge in [-0.25, -0.2) is 27.6 Å². The first-order valence-electron chi connectivity index (χ1n) is 19.5. The number of benzene rings is 3. The van der Waals surface area contributed by atoms with Crippen LogP contribution >= 0.6 is 11.8 Å². The average molecular weight is 856 g/mol. The van der Waals surface area contributed by atoms with E-state index in [-0.39, 0.29) is 65.9 Å². The van der Waals surface area contributed by atoms with Gasteiger partial charge in [0.25, 0.3) is 0 Å². The van der Waals surface area contributed by atoms with Crippen molar-refractivity contribution >= 4 is 29.8 Å². The molecule has 0 saturated carbocycles. The molecule has 2 saturated heterocycles. The summed E-state index contributed by atoms with van der Waals surface area (Å²) in [4.78, 5) is 35.8. The van der Waals surface area contributed by atoms with E-state index in [1.54, 1.807) is 31.2 Å². The quantitative estimate of drug-likeness (QED) is 0.0956. The molecule has 1 aromatic heterocycles. The highest BCUT2D eigenvalue weighted by atomic mass is 32.2. The number of halogens is 3. The number of likely N-dealkylation sites (N-methyl/N-ethyl adjacent to an activating group) is 1. The van der Waals surface area contributed by atoms with Gasteiger partial charge in [-0.15, -0.1) is 11.8 Å². The second kappa shape index (κ2) is 21.1. The molecule has 3 heterocycles. The number of carbonyl (C=O) groups excluding carboxylic acids is 2. The zero-order valence-corrected chi connectivity index (χ0v) is 34.4. The predicted molar refractivity (Wildman–Crippen MR) is 219 cm³/mol. The lowest BCUT2D eigenvalue weighted by molar-refractivity contribution is -0.146. The zero-order chi connectivity index (χ0) is 43.4. The molecule has 6 rings (SSSR count). The number of hydrogen-bond donors (Lipinski definition) is 0. The maximum Gasteiger partial charge on any atom is 0.339 e. The Hall–Kier alpha value is -5.82. The number of hydrogen-bond acceptors (Lipinski definition) is 13. The van der Waals surface area contributed by atoms with Gasteiger partial charge in [0.15, 0.2) is 11.9 Å². The van der Waals surface area contributed by atoms with Crippen LogP contribution in [0, 0.1) is 40.1 Å². The molecule has 3 aromatic carbocycles. The molecular weight excluding hydrogens is 812 g/mol. The van der Waals surface area contributed by atoms with Crippen LogP contribution in [0.1, 0.15) is 51.5 Å². The van der Waals surface area contributed by atoms with E-state index in [4.69, 9.17) is 24.2 Å². The van der Waals surface area contributed by atoms with E-state index in [0.717, 1.165) is 38.3 Å². The zero-order valence-electron chi connectivity index (χ0n) is 33.6. The van der Waals surface area contributed by atoms with Crippen molar-refractivity contribution in [3.8, 4) is 12.1 Å². The molecule has 61 heavy (non-hydrogen) atoms. The largest absolute Gasteiger partial charge is 0.461 e. The van der Waals surface area contributed by atoms with Crippen molar-refractivity contribution in [1.82, 2.24) is 24.6 Å². The Bertz CT molecular complexity index is 2300. The fourth-order valence-electron chi connectivity index (χ4n) is 6.86. The molecule has 0 radical (unpaired) electrons. The second-order valence-corrected chi connectivity index (χ2v) is 16.2. The number of esters is 2. The third kappa shape index (κ3) is 11.9. The summed E-state index contributed by atoms with van der Waals surface area (Å²) in [5.74, 6) is -3.77. The molecule has 0 amide bonds. The second-order valence-electron chi connectivity index (χ2n) is 14.6. The number of ether oxygens (including phenoxy) is 4. The van der Waals surface area contributed by atoms with E-state index >= 15 is 4.39 Å². The Labute approximate surface area is 355 Å². The molecule has 4 aromatic rings. The van der Waals surface area contributed by atoms with Gasteiger partial charge >= 0.3 is 11.9 Å². The Morgan fingerprint density at radius 1 is 0.984 bits per heavy atom. The third-order valence-corrected chi connectivity index (χ3v) is 11.8. The molecule has 2 aliphatic rings. The van der Waals surface area contributed by atoms with Crippen molar-refractivity contribution in [3.63, 3.8) is 0 Å². The molecule has 2 fully saturated rings. The minimum atomic E-state index is -1.88. The summed E-state index contributed by atoms with van der Waals surface area (Å²) in [6.45, 7) is 5.51. The summed E-state index contributed by atoms with van der Waals surface area (Å²) in [6.07, 6.45) is 8.49. The van der Waals surface area contributed by atoms with Crippen molar-refractivity contribution in [2.24, 2.45) is 0 Å². The molecule has 2 atom stereocenters. The Balaban J connectivity index is 1.20. The minimum Gasteiger partial charge on any atom is -0.461 e. The van der Waals surface area contributed by atoms with Gasteiger partial charge in [0, 0.05) is 60.7 Å². The number of rotatable bonds is 16. The van der Waals surface area contributed by atoms with Crippen LogP contribution < -0.4 is 0 Å². The SMILES string of the molecule is CC(SC1COC(C=CC=Cc2ccc(C#N)cc2F)OC1)C(Cn1cncn1)(OC(=O)c1cc(C#N)ccc1COC(=O)CCN1CCN(C)CC1)c1ccc(F)cc1F. The van der Waals surface area contributed by atoms with Crippen molar-refractivity contribution in [2.45, 2.75) is 48.9 Å². The molecule has 0 bridgehead atoms. The minimum absolute atomic E-state index is 0.0801. The number of nitrogens with zero attached hydrogens (tertiary/aromatic N) is 7. The summed E-state index contributed by atoms with van der Waals surface area (Å²) in [6, 6.07) is 15.4. The van der Waals surface area contributed by atoms with E-state index < -0.39 is 46.5 Å². The van der Waals surface area contributed by atoms with Crippen LogP contribution in [-0.2, 0) is 42.5 Å². The van der Waals surface area contributed by atoms with E-state index in [2.05, 4.69) is 19.9 Å². The average Bonchev–Trinajstić information content (AvgIpc) is 3.77. The monoisotopic (exact) mass is 855 g/mol. The molecule has 17 heteroatoms. The molecule has 2 unspecified atom stereocenters. The summed E-state index contributed by atoms with van der Waals surface area (Å²) < 4.78 is 70.1. The van der Waals surface area contributed by atoms with E-state index in [9.17, 15) is 23.6 Å². The van der Waals surface area contributed by atoms with Crippen molar-refractivity contribution in [2.75, 3.05) is 53.0 Å². The van der Waals surface area contributed by atoms with Crippen LogP contribution in [0.15, 0.2) is 85.5 Å². The van der Waals surface area contributed by atoms with Gasteiger partial charge in [-0.05, 0) is 56.4 Å². The van der Waals surface area contributed by atoms with Gasteiger partial charge in [-0.1, -0.05) is 30.4 Å². The lowest BCUT2D eigenvalue weighted by Crippen LogP contribution is -2.47. The smallest absolute Gasteiger partial charge is 0.339 e. The number of piperazine rings is 1. The van der Waals surface area contributed by atoms with Gasteiger partial charge in [-0.3, -0.25) is 4.79 Å². The summed E-state index contributed by atoms with van der Waals surface area (Å²) in [5.41, 5.74) is -1.19. The standard InChI is InChI=1S/C44H44F3N7O6S/c1-30(61-36-25-58-42(59-26-36)6-4-3-5-33-9-7-32(23-49)20-39(33)46)44(27-54-29-50-28-51-54,38-12-11-35(45)21-40(38)47)60-43(56)37-19-31(22-48)8-10-34(37)24-57-41(55)13-14-53-17-15-52(2)16-18-53/h3-12,19-21,28-30,36,42H,13-18,24-27H2,1-2H3. The van der Waals surface area contributed by atoms with Gasteiger partial charge in [0.2, 0.25) is 0 Å². The van der Waals surface area contributed by atoms with Crippen molar-refractivity contribution in [3.05, 3.63) is 136 Å². The highest BCUT2D eigenvalue weighted by Crippen LogP contribution is 2.42. The lowest BCUT2D eigenvalue weighted by atomic mass is 9.89. The summed E-state index contributed by atoms with van der Waals surface area (Å²) in [5, 5.41) is 21.8. The van der Waals surface area contributed by atoms with E-state index in [0.29, 0.717) is 18.2 Å². The lowest BCUT2D eigenvalue weighted by Gasteiger charge is -2.40. The first-order valence-corrected chi connectivity index (χ1v) is 20.4. The predicted octanol–water partition coefficient (Wildman–Crippen LogP) is 6.00. The molecular formula is C44H44F3N7O6S. The Morgan fingerprint density at radius 2 is 1.72 bits per heavy atom. The number of nitriles is 2. The van der Waals surface area contributed by atoms with E-state index in [1.807, 2.05) is 19.2 Å². The van der Waals surface area contributed by atoms with Crippen LogP contribution in [0.2, 0.25) is 0 Å². The van der Waals surface area contributed by atoms with Crippen LogP contribution in [0.25, 0.3) is 6.08 Å².